The van der Waals surface area contributed by atoms with Crippen LogP contribution in [0, 0.1) is 56.7 Å². The average Bonchev–Trinajstić information content (AvgIpc) is 3.33. The first-order valence-electron chi connectivity index (χ1n) is 14.3. The van der Waals surface area contributed by atoms with E-state index >= 15 is 0 Å². The van der Waals surface area contributed by atoms with E-state index in [-0.39, 0.29) is 18.1 Å². The Morgan fingerprint density at radius 3 is 2.16 bits per heavy atom. The van der Waals surface area contributed by atoms with E-state index in [1.165, 1.54) is 70.6 Å². The minimum atomic E-state index is -0.315. The number of hydrogen-bond donors (Lipinski definition) is 2. The molecule has 10 atom stereocenters. The smallest absolute Gasteiger partial charge is 0.0618 e. The lowest BCUT2D eigenvalue weighted by Gasteiger charge is -2.63. The zero-order valence-corrected chi connectivity index (χ0v) is 22.1. The minimum absolute atomic E-state index is 0.159. The van der Waals surface area contributed by atoms with E-state index in [1.807, 2.05) is 0 Å². The maximum atomic E-state index is 10.9. The van der Waals surface area contributed by atoms with Gasteiger partial charge in [0.1, 0.15) is 0 Å². The van der Waals surface area contributed by atoms with Gasteiger partial charge in [-0.3, -0.25) is 0 Å². The number of fused-ring (bicyclic) bond motifs is 2. The first-order chi connectivity index (χ1) is 15.0. The van der Waals surface area contributed by atoms with E-state index in [2.05, 4.69) is 41.5 Å². The highest BCUT2D eigenvalue weighted by Crippen LogP contribution is 2.89. The van der Waals surface area contributed by atoms with Crippen LogP contribution < -0.4 is 0 Å². The Labute approximate surface area is 198 Å². The Morgan fingerprint density at radius 1 is 0.781 bits per heavy atom. The molecule has 0 bridgehead atoms. The molecule has 0 heterocycles. The lowest BCUT2D eigenvalue weighted by atomic mass is 9.41. The topological polar surface area (TPSA) is 40.5 Å². The summed E-state index contributed by atoms with van der Waals surface area (Å²) in [5.41, 5.74) is 1.67. The summed E-state index contributed by atoms with van der Waals surface area (Å²) in [4.78, 5) is 0. The van der Waals surface area contributed by atoms with Crippen molar-refractivity contribution in [2.75, 3.05) is 6.61 Å². The maximum absolute atomic E-state index is 10.9. The molecule has 0 aromatic rings. The SMILES string of the molecule is CC(C)CCCC(C)C1CCC2(C)C3CCC4C(C)(CO)C(O)CCC45CC35CCC12C. The van der Waals surface area contributed by atoms with Crippen molar-refractivity contribution in [1.82, 2.24) is 0 Å². The predicted molar refractivity (Wildman–Crippen MR) is 132 cm³/mol. The molecule has 5 saturated carbocycles. The largest absolute Gasteiger partial charge is 0.396 e. The Bertz CT molecular complexity index is 732. The molecule has 0 saturated heterocycles. The van der Waals surface area contributed by atoms with Gasteiger partial charge in [-0.05, 0) is 109 Å². The molecular formula is C30H52O2. The highest BCUT2D eigenvalue weighted by Gasteiger charge is 2.82. The van der Waals surface area contributed by atoms with Crippen molar-refractivity contribution in [3.8, 4) is 0 Å². The van der Waals surface area contributed by atoms with E-state index in [0.717, 1.165) is 30.1 Å². The third-order valence-electron chi connectivity index (χ3n) is 13.4. The van der Waals surface area contributed by atoms with Crippen LogP contribution in [0.1, 0.15) is 119 Å². The number of rotatable bonds is 6. The van der Waals surface area contributed by atoms with Crippen molar-refractivity contribution in [3.05, 3.63) is 0 Å². The standard InChI is InChI=1S/C30H52O2/c1-20(2)8-7-9-21(3)22-12-14-28(6)24-11-10-23-26(4,19-31)25(32)13-15-29(23)18-30(24,29)17-16-27(22,28)5/h20-25,31-32H,7-19H2,1-6H3. The average molecular weight is 445 g/mol. The molecule has 0 aromatic carbocycles. The molecule has 0 amide bonds. The molecule has 5 aliphatic rings. The van der Waals surface area contributed by atoms with Crippen LogP contribution in [0.5, 0.6) is 0 Å². The molecule has 5 rings (SSSR count). The lowest BCUT2D eigenvalue weighted by molar-refractivity contribution is -0.174. The van der Waals surface area contributed by atoms with Gasteiger partial charge in [-0.15, -0.1) is 0 Å². The number of aliphatic hydroxyl groups is 2. The Morgan fingerprint density at radius 2 is 1.47 bits per heavy atom. The summed E-state index contributed by atoms with van der Waals surface area (Å²) in [5, 5.41) is 21.2. The van der Waals surface area contributed by atoms with Gasteiger partial charge in [0, 0.05) is 5.41 Å². The van der Waals surface area contributed by atoms with Crippen LogP contribution in [-0.4, -0.2) is 22.9 Å². The highest BCUT2D eigenvalue weighted by molar-refractivity contribution is 5.30. The lowest BCUT2D eigenvalue weighted by Crippen LogP contribution is -2.59. The quantitative estimate of drug-likeness (QED) is 0.454. The van der Waals surface area contributed by atoms with Gasteiger partial charge >= 0.3 is 0 Å². The van der Waals surface area contributed by atoms with Crippen LogP contribution >= 0.6 is 0 Å². The molecule has 2 heteroatoms. The first-order valence-corrected chi connectivity index (χ1v) is 14.3. The Hall–Kier alpha value is -0.0800. The third-order valence-corrected chi connectivity index (χ3v) is 13.4. The normalized spacial score (nSPS) is 55.0. The van der Waals surface area contributed by atoms with Gasteiger partial charge < -0.3 is 10.2 Å². The zero-order valence-electron chi connectivity index (χ0n) is 22.1. The summed E-state index contributed by atoms with van der Waals surface area (Å²) in [7, 11) is 0. The molecule has 10 unspecified atom stereocenters. The monoisotopic (exact) mass is 444 g/mol. The van der Waals surface area contributed by atoms with Crippen molar-refractivity contribution < 1.29 is 10.2 Å². The molecule has 0 aliphatic heterocycles. The number of aliphatic hydroxyl groups excluding tert-OH is 2. The molecular weight excluding hydrogens is 392 g/mol. The van der Waals surface area contributed by atoms with E-state index in [1.54, 1.807) is 0 Å². The number of hydrogen-bond acceptors (Lipinski definition) is 2. The van der Waals surface area contributed by atoms with Gasteiger partial charge in [-0.2, -0.15) is 0 Å². The minimum Gasteiger partial charge on any atom is -0.396 e. The fourth-order valence-corrected chi connectivity index (χ4v) is 11.4. The first kappa shape index (κ1) is 23.7. The second-order valence-electron chi connectivity index (χ2n) is 14.7. The zero-order chi connectivity index (χ0) is 23.2. The third kappa shape index (κ3) is 2.78. The second kappa shape index (κ2) is 7.46. The van der Waals surface area contributed by atoms with Gasteiger partial charge in [0.15, 0.2) is 0 Å². The fourth-order valence-electron chi connectivity index (χ4n) is 11.4. The van der Waals surface area contributed by atoms with Crippen molar-refractivity contribution in [2.45, 2.75) is 125 Å². The summed E-state index contributed by atoms with van der Waals surface area (Å²) in [6.07, 6.45) is 15.7. The Balaban J connectivity index is 1.39. The highest BCUT2D eigenvalue weighted by atomic mass is 16.3. The summed E-state index contributed by atoms with van der Waals surface area (Å²) in [6, 6.07) is 0. The van der Waals surface area contributed by atoms with Crippen molar-refractivity contribution in [3.63, 3.8) is 0 Å². The van der Waals surface area contributed by atoms with Crippen molar-refractivity contribution in [1.29, 1.82) is 0 Å². The molecule has 5 aliphatic carbocycles. The van der Waals surface area contributed by atoms with Crippen LogP contribution in [0.15, 0.2) is 0 Å². The van der Waals surface area contributed by atoms with Gasteiger partial charge in [-0.1, -0.05) is 60.8 Å². The van der Waals surface area contributed by atoms with Crippen LogP contribution in [0.3, 0.4) is 0 Å². The van der Waals surface area contributed by atoms with E-state index in [9.17, 15) is 10.2 Å². The van der Waals surface area contributed by atoms with Gasteiger partial charge in [0.25, 0.3) is 0 Å². The molecule has 0 aromatic heterocycles. The molecule has 0 radical (unpaired) electrons. The molecule has 2 spiro atoms. The van der Waals surface area contributed by atoms with E-state index < -0.39 is 0 Å². The van der Waals surface area contributed by atoms with E-state index in [4.69, 9.17) is 0 Å². The molecule has 2 nitrogen and oxygen atoms in total. The van der Waals surface area contributed by atoms with Gasteiger partial charge in [-0.25, -0.2) is 0 Å². The summed E-state index contributed by atoms with van der Waals surface area (Å²) >= 11 is 0. The second-order valence-corrected chi connectivity index (χ2v) is 14.7. The van der Waals surface area contributed by atoms with Crippen LogP contribution in [0.4, 0.5) is 0 Å². The molecule has 32 heavy (non-hydrogen) atoms. The molecule has 2 N–H and O–H groups in total. The molecule has 184 valence electrons. The summed E-state index contributed by atoms with van der Waals surface area (Å²) in [6.45, 7) is 15.1. The maximum Gasteiger partial charge on any atom is 0.0618 e. The summed E-state index contributed by atoms with van der Waals surface area (Å²) < 4.78 is 0. The van der Waals surface area contributed by atoms with Gasteiger partial charge in [0.05, 0.1) is 12.7 Å². The summed E-state index contributed by atoms with van der Waals surface area (Å²) in [5.74, 6) is 4.00. The van der Waals surface area contributed by atoms with Crippen LogP contribution in [0.2, 0.25) is 0 Å². The fraction of sp³-hybridized carbons (Fsp3) is 1.00. The molecule has 5 fully saturated rings. The van der Waals surface area contributed by atoms with E-state index in [0.29, 0.717) is 27.6 Å². The Kier molecular flexibility index (Phi) is 5.51. The van der Waals surface area contributed by atoms with Crippen molar-refractivity contribution >= 4 is 0 Å². The van der Waals surface area contributed by atoms with Crippen molar-refractivity contribution in [2.24, 2.45) is 56.7 Å². The van der Waals surface area contributed by atoms with Crippen LogP contribution in [-0.2, 0) is 0 Å². The predicted octanol–water partition coefficient (Wildman–Crippen LogP) is 7.22. The van der Waals surface area contributed by atoms with Gasteiger partial charge in [0.2, 0.25) is 0 Å². The van der Waals surface area contributed by atoms with Crippen LogP contribution in [0.25, 0.3) is 0 Å².